The Morgan fingerprint density at radius 3 is 2.45 bits per heavy atom. The number of nitrogens with one attached hydrogen (secondary N) is 2. The van der Waals surface area contributed by atoms with Crippen LogP contribution in [0.5, 0.6) is 0 Å². The van der Waals surface area contributed by atoms with Gasteiger partial charge in [0.2, 0.25) is 11.9 Å². The molecule has 0 fully saturated rings. The number of fused-ring (bicyclic) bond motifs is 1. The zero-order valence-electron chi connectivity index (χ0n) is 22.5. The predicted molar refractivity (Wildman–Crippen MR) is 155 cm³/mol. The van der Waals surface area contributed by atoms with Gasteiger partial charge in [0.25, 0.3) is 0 Å². The first-order valence-corrected chi connectivity index (χ1v) is 13.5. The Kier molecular flexibility index (Phi) is 7.01. The summed E-state index contributed by atoms with van der Waals surface area (Å²) in [5, 5.41) is 17.4. The van der Waals surface area contributed by atoms with Gasteiger partial charge in [0, 0.05) is 30.3 Å². The highest BCUT2D eigenvalue weighted by atomic mass is 16.1. The molecule has 9 nitrogen and oxygen atoms in total. The molecule has 0 spiro atoms. The lowest BCUT2D eigenvalue weighted by atomic mass is 10.0. The van der Waals surface area contributed by atoms with Gasteiger partial charge in [-0.25, -0.2) is 10.1 Å². The van der Waals surface area contributed by atoms with E-state index in [9.17, 15) is 4.79 Å². The molecule has 0 aliphatic carbocycles. The number of rotatable bonds is 7. The lowest BCUT2D eigenvalue weighted by Gasteiger charge is -2.29. The van der Waals surface area contributed by atoms with Crippen LogP contribution in [0.2, 0.25) is 0 Å². The van der Waals surface area contributed by atoms with Gasteiger partial charge in [-0.15, -0.1) is 5.10 Å². The van der Waals surface area contributed by atoms with Gasteiger partial charge in [0.1, 0.15) is 5.82 Å². The van der Waals surface area contributed by atoms with Crippen molar-refractivity contribution in [3.8, 4) is 22.6 Å². The summed E-state index contributed by atoms with van der Waals surface area (Å²) in [6, 6.07) is 26.2. The van der Waals surface area contributed by atoms with Crippen LogP contribution in [0.1, 0.15) is 42.0 Å². The van der Waals surface area contributed by atoms with Crippen molar-refractivity contribution in [2.75, 3.05) is 16.8 Å². The van der Waals surface area contributed by atoms with Gasteiger partial charge < -0.3 is 10.2 Å². The zero-order chi connectivity index (χ0) is 27.5. The largest absolute Gasteiger partial charge is 0.336 e. The van der Waals surface area contributed by atoms with Crippen LogP contribution in [0.3, 0.4) is 0 Å². The fraction of sp³-hybridized carbons (Fsp3) is 0.226. The van der Waals surface area contributed by atoms with Crippen LogP contribution >= 0.6 is 0 Å². The Labute approximate surface area is 232 Å². The number of hydrogen-bond acceptors (Lipinski definition) is 7. The highest BCUT2D eigenvalue weighted by molar-refractivity contribution is 5.92. The van der Waals surface area contributed by atoms with Crippen LogP contribution < -0.4 is 10.2 Å². The predicted octanol–water partition coefficient (Wildman–Crippen LogP) is 5.19. The summed E-state index contributed by atoms with van der Waals surface area (Å²) in [5.74, 6) is 1.86. The van der Waals surface area contributed by atoms with Crippen LogP contribution in [-0.4, -0.2) is 43.0 Å². The second-order valence-corrected chi connectivity index (χ2v) is 10.3. The van der Waals surface area contributed by atoms with E-state index in [2.05, 4.69) is 81.1 Å². The number of anilines is 2. The quantitative estimate of drug-likeness (QED) is 0.298. The normalized spacial score (nSPS) is 12.8. The summed E-state index contributed by atoms with van der Waals surface area (Å²) in [7, 11) is 0. The van der Waals surface area contributed by atoms with Gasteiger partial charge in [-0.3, -0.25) is 4.79 Å². The molecule has 2 N–H and O–H groups in total. The van der Waals surface area contributed by atoms with Crippen molar-refractivity contribution in [3.63, 3.8) is 0 Å². The van der Waals surface area contributed by atoms with E-state index in [0.717, 1.165) is 29.7 Å². The molecule has 9 heteroatoms. The second kappa shape index (κ2) is 11.1. The third-order valence-electron chi connectivity index (χ3n) is 7.21. The maximum Gasteiger partial charge on any atom is 0.229 e. The SMILES string of the molecule is CC(C)c1ccc(CC(=O)Nc2cc(-c3ccccc3-c3nnn[nH]3)nc(N3CCc4ccccc4C3)n2)cc1. The van der Waals surface area contributed by atoms with Crippen molar-refractivity contribution in [2.24, 2.45) is 0 Å². The fourth-order valence-electron chi connectivity index (χ4n) is 5.02. The summed E-state index contributed by atoms with van der Waals surface area (Å²) >= 11 is 0. The molecule has 5 aromatic rings. The first kappa shape index (κ1) is 25.4. The van der Waals surface area contributed by atoms with Gasteiger partial charge in [-0.2, -0.15) is 4.98 Å². The van der Waals surface area contributed by atoms with Crippen molar-refractivity contribution in [3.05, 3.63) is 101 Å². The minimum atomic E-state index is -0.135. The standard InChI is InChI=1S/C31H30N8O/c1-20(2)22-13-11-21(12-14-22)17-29(40)33-28-18-27(25-9-5-6-10-26(25)30-35-37-38-36-30)32-31(34-28)39-16-15-23-7-3-4-8-24(23)19-39/h3-14,18,20H,15-17,19H2,1-2H3,(H,32,33,34,40)(H,35,36,37,38). The van der Waals surface area contributed by atoms with Gasteiger partial charge in [0.05, 0.1) is 12.1 Å². The molecular weight excluding hydrogens is 500 g/mol. The Balaban J connectivity index is 1.34. The minimum absolute atomic E-state index is 0.135. The van der Waals surface area contributed by atoms with E-state index in [1.54, 1.807) is 0 Å². The Bertz CT molecular complexity index is 1630. The smallest absolute Gasteiger partial charge is 0.229 e. The Morgan fingerprint density at radius 2 is 1.70 bits per heavy atom. The van der Waals surface area contributed by atoms with Crippen molar-refractivity contribution in [1.82, 2.24) is 30.6 Å². The summed E-state index contributed by atoms with van der Waals surface area (Å²) in [5.41, 5.74) is 7.12. The van der Waals surface area contributed by atoms with Crippen LogP contribution in [0.25, 0.3) is 22.6 Å². The third-order valence-corrected chi connectivity index (χ3v) is 7.21. The summed E-state index contributed by atoms with van der Waals surface area (Å²) in [4.78, 5) is 25.1. The number of benzene rings is 3. The maximum atomic E-state index is 13.1. The first-order valence-electron chi connectivity index (χ1n) is 13.5. The van der Waals surface area contributed by atoms with Gasteiger partial charge in [-0.1, -0.05) is 86.6 Å². The van der Waals surface area contributed by atoms with Gasteiger partial charge in [0.15, 0.2) is 5.82 Å². The lowest BCUT2D eigenvalue weighted by Crippen LogP contribution is -2.32. The lowest BCUT2D eigenvalue weighted by molar-refractivity contribution is -0.115. The molecule has 0 bridgehead atoms. The molecule has 1 amide bonds. The number of carbonyl (C=O) groups is 1. The highest BCUT2D eigenvalue weighted by Crippen LogP contribution is 2.32. The van der Waals surface area contributed by atoms with E-state index >= 15 is 0 Å². The number of hydrogen-bond donors (Lipinski definition) is 2. The van der Waals surface area contributed by atoms with Crippen molar-refractivity contribution < 1.29 is 4.79 Å². The molecule has 1 aliphatic heterocycles. The number of aromatic amines is 1. The molecule has 0 radical (unpaired) electrons. The average molecular weight is 531 g/mol. The second-order valence-electron chi connectivity index (χ2n) is 10.3. The van der Waals surface area contributed by atoms with E-state index in [4.69, 9.17) is 9.97 Å². The van der Waals surface area contributed by atoms with E-state index in [1.807, 2.05) is 42.5 Å². The molecule has 0 atom stereocenters. The molecule has 40 heavy (non-hydrogen) atoms. The molecule has 1 aliphatic rings. The molecule has 3 heterocycles. The van der Waals surface area contributed by atoms with Crippen LogP contribution in [-0.2, 0) is 24.2 Å². The summed E-state index contributed by atoms with van der Waals surface area (Å²) in [6.07, 6.45) is 1.16. The van der Waals surface area contributed by atoms with Gasteiger partial charge >= 0.3 is 0 Å². The molecule has 3 aromatic carbocycles. The van der Waals surface area contributed by atoms with Crippen LogP contribution in [0.15, 0.2) is 78.9 Å². The number of tetrazole rings is 1. The molecule has 0 saturated heterocycles. The number of carbonyl (C=O) groups excluding carboxylic acids is 1. The zero-order valence-corrected chi connectivity index (χ0v) is 22.5. The monoisotopic (exact) mass is 530 g/mol. The highest BCUT2D eigenvalue weighted by Gasteiger charge is 2.21. The topological polar surface area (TPSA) is 113 Å². The Hall–Kier alpha value is -4.92. The number of amides is 1. The van der Waals surface area contributed by atoms with E-state index in [-0.39, 0.29) is 12.3 Å². The number of H-pyrrole nitrogens is 1. The first-order chi connectivity index (χ1) is 19.5. The number of aromatic nitrogens is 6. The van der Waals surface area contributed by atoms with Crippen molar-refractivity contribution in [1.29, 1.82) is 0 Å². The fourth-order valence-corrected chi connectivity index (χ4v) is 5.02. The molecule has 0 unspecified atom stereocenters. The maximum absolute atomic E-state index is 13.1. The molecular formula is C31H30N8O. The number of nitrogens with zero attached hydrogens (tertiary/aromatic N) is 6. The van der Waals surface area contributed by atoms with Crippen LogP contribution in [0, 0.1) is 0 Å². The van der Waals surface area contributed by atoms with E-state index in [0.29, 0.717) is 35.7 Å². The van der Waals surface area contributed by atoms with E-state index < -0.39 is 0 Å². The summed E-state index contributed by atoms with van der Waals surface area (Å²) < 4.78 is 0. The average Bonchev–Trinajstić information content (AvgIpc) is 3.52. The van der Waals surface area contributed by atoms with Crippen molar-refractivity contribution >= 4 is 17.7 Å². The van der Waals surface area contributed by atoms with E-state index in [1.165, 1.54) is 16.7 Å². The summed E-state index contributed by atoms with van der Waals surface area (Å²) in [6.45, 7) is 5.79. The minimum Gasteiger partial charge on any atom is -0.336 e. The van der Waals surface area contributed by atoms with Crippen LogP contribution in [0.4, 0.5) is 11.8 Å². The molecule has 6 rings (SSSR count). The molecule has 200 valence electrons. The third kappa shape index (κ3) is 5.44. The molecule has 2 aromatic heterocycles. The van der Waals surface area contributed by atoms with Crippen molar-refractivity contribution in [2.45, 2.75) is 39.2 Å². The Morgan fingerprint density at radius 1 is 0.950 bits per heavy atom. The van der Waals surface area contributed by atoms with Gasteiger partial charge in [-0.05, 0) is 45.0 Å². The molecule has 0 saturated carbocycles.